The molecule has 0 spiro atoms. The minimum absolute atomic E-state index is 0.225. The number of imide groups is 1. The van der Waals surface area contributed by atoms with Gasteiger partial charge in [0.1, 0.15) is 6.04 Å². The van der Waals surface area contributed by atoms with Crippen molar-refractivity contribution in [1.82, 2.24) is 10.2 Å². The summed E-state index contributed by atoms with van der Waals surface area (Å²) in [5, 5.41) is 19.5. The Balaban J connectivity index is 1.95. The lowest BCUT2D eigenvalue weighted by atomic mass is 10.1. The van der Waals surface area contributed by atoms with Gasteiger partial charge in [0, 0.05) is 13.0 Å². The number of benzene rings is 1. The number of nitrogens with zero attached hydrogens (tertiary/aromatic N) is 1. The van der Waals surface area contributed by atoms with Crippen molar-refractivity contribution in [2.45, 2.75) is 18.9 Å². The molecule has 24 heavy (non-hydrogen) atoms. The summed E-state index contributed by atoms with van der Waals surface area (Å²) in [5.74, 6) is -4.66. The molecule has 9 heteroatoms. The molecule has 1 heterocycles. The molecule has 0 saturated heterocycles. The highest BCUT2D eigenvalue weighted by molar-refractivity contribution is 6.21. The normalized spacial score (nSPS) is 14.2. The van der Waals surface area contributed by atoms with Crippen LogP contribution in [-0.4, -0.2) is 57.4 Å². The Morgan fingerprint density at radius 1 is 1.04 bits per heavy atom. The van der Waals surface area contributed by atoms with Crippen molar-refractivity contribution in [2.24, 2.45) is 0 Å². The fraction of sp³-hybridized carbons (Fsp3) is 0.267. The zero-order valence-corrected chi connectivity index (χ0v) is 12.4. The summed E-state index contributed by atoms with van der Waals surface area (Å²) in [5.41, 5.74) is 0.495. The van der Waals surface area contributed by atoms with Gasteiger partial charge in [-0.1, -0.05) is 12.1 Å². The molecule has 2 rings (SSSR count). The molecule has 0 saturated carbocycles. The summed E-state index contributed by atoms with van der Waals surface area (Å²) in [7, 11) is 0. The summed E-state index contributed by atoms with van der Waals surface area (Å²) in [6.45, 7) is -0.225. The molecule has 1 aromatic rings. The predicted molar refractivity (Wildman–Crippen MR) is 78.2 cm³/mol. The van der Waals surface area contributed by atoms with Gasteiger partial charge in [0.05, 0.1) is 17.5 Å². The van der Waals surface area contributed by atoms with Crippen LogP contribution in [0.2, 0.25) is 0 Å². The highest BCUT2D eigenvalue weighted by atomic mass is 16.4. The number of carboxylic acids is 2. The number of carboxylic acid groups (broad SMARTS) is 2. The van der Waals surface area contributed by atoms with Crippen molar-refractivity contribution in [3.8, 4) is 0 Å². The summed E-state index contributed by atoms with van der Waals surface area (Å²) < 4.78 is 0. The fourth-order valence-corrected chi connectivity index (χ4v) is 2.30. The zero-order chi connectivity index (χ0) is 17.9. The van der Waals surface area contributed by atoms with E-state index >= 15 is 0 Å². The van der Waals surface area contributed by atoms with Crippen LogP contribution in [0.5, 0.6) is 0 Å². The van der Waals surface area contributed by atoms with Crippen LogP contribution < -0.4 is 5.32 Å². The summed E-state index contributed by atoms with van der Waals surface area (Å²) >= 11 is 0. The molecule has 0 radical (unpaired) electrons. The van der Waals surface area contributed by atoms with E-state index in [4.69, 9.17) is 10.2 Å². The number of hydrogen-bond donors (Lipinski definition) is 3. The molecule has 126 valence electrons. The SMILES string of the molecule is O=C(O)CC(NC(=O)CCN1C(=O)c2ccccc2C1=O)C(=O)O. The lowest BCUT2D eigenvalue weighted by Gasteiger charge is -2.15. The van der Waals surface area contributed by atoms with Crippen LogP contribution >= 0.6 is 0 Å². The van der Waals surface area contributed by atoms with Gasteiger partial charge in [-0.2, -0.15) is 0 Å². The molecule has 1 aromatic carbocycles. The van der Waals surface area contributed by atoms with E-state index in [2.05, 4.69) is 5.32 Å². The van der Waals surface area contributed by atoms with Gasteiger partial charge >= 0.3 is 11.9 Å². The van der Waals surface area contributed by atoms with Crippen LogP contribution in [-0.2, 0) is 14.4 Å². The topological polar surface area (TPSA) is 141 Å². The third-order valence-electron chi connectivity index (χ3n) is 3.45. The lowest BCUT2D eigenvalue weighted by Crippen LogP contribution is -2.43. The first kappa shape index (κ1) is 17.1. The Morgan fingerprint density at radius 2 is 1.58 bits per heavy atom. The first-order valence-electron chi connectivity index (χ1n) is 7.00. The van der Waals surface area contributed by atoms with E-state index in [1.807, 2.05) is 0 Å². The molecule has 9 nitrogen and oxygen atoms in total. The Labute approximate surface area is 135 Å². The molecule has 0 aromatic heterocycles. The average Bonchev–Trinajstić information content (AvgIpc) is 2.76. The van der Waals surface area contributed by atoms with Crippen molar-refractivity contribution in [3.05, 3.63) is 35.4 Å². The van der Waals surface area contributed by atoms with Crippen molar-refractivity contribution in [1.29, 1.82) is 0 Å². The third-order valence-corrected chi connectivity index (χ3v) is 3.45. The second-order valence-corrected chi connectivity index (χ2v) is 5.11. The number of hydrogen-bond acceptors (Lipinski definition) is 5. The quantitative estimate of drug-likeness (QED) is 0.582. The first-order valence-corrected chi connectivity index (χ1v) is 7.00. The fourth-order valence-electron chi connectivity index (χ4n) is 2.30. The number of rotatable bonds is 7. The number of fused-ring (bicyclic) bond motifs is 1. The van der Waals surface area contributed by atoms with Gasteiger partial charge in [-0.15, -0.1) is 0 Å². The second kappa shape index (κ2) is 6.90. The summed E-state index contributed by atoms with van der Waals surface area (Å²) in [6, 6.07) is 4.66. The molecule has 3 amide bonds. The van der Waals surface area contributed by atoms with Crippen LogP contribution in [0.25, 0.3) is 0 Å². The predicted octanol–water partition coefficient (Wildman–Crippen LogP) is -0.283. The van der Waals surface area contributed by atoms with Gasteiger partial charge in [0.2, 0.25) is 5.91 Å². The molecule has 3 N–H and O–H groups in total. The van der Waals surface area contributed by atoms with Crippen LogP contribution in [0.15, 0.2) is 24.3 Å². The highest BCUT2D eigenvalue weighted by Crippen LogP contribution is 2.22. The molecule has 0 bridgehead atoms. The van der Waals surface area contributed by atoms with Gasteiger partial charge in [-0.05, 0) is 12.1 Å². The van der Waals surface area contributed by atoms with Crippen LogP contribution in [0.4, 0.5) is 0 Å². The number of amides is 3. The average molecular weight is 334 g/mol. The molecule has 0 fully saturated rings. The molecule has 1 aliphatic rings. The maximum atomic E-state index is 12.1. The molecular formula is C15H14N2O7. The van der Waals surface area contributed by atoms with Crippen molar-refractivity contribution in [3.63, 3.8) is 0 Å². The smallest absolute Gasteiger partial charge is 0.326 e. The van der Waals surface area contributed by atoms with Gasteiger partial charge in [-0.3, -0.25) is 24.1 Å². The van der Waals surface area contributed by atoms with Crippen molar-refractivity contribution >= 4 is 29.7 Å². The minimum Gasteiger partial charge on any atom is -0.481 e. The number of carbonyl (C=O) groups is 5. The van der Waals surface area contributed by atoms with Crippen molar-refractivity contribution < 1.29 is 34.2 Å². The third kappa shape index (κ3) is 3.57. The van der Waals surface area contributed by atoms with E-state index in [0.29, 0.717) is 0 Å². The van der Waals surface area contributed by atoms with Gasteiger partial charge in [-0.25, -0.2) is 4.79 Å². The van der Waals surface area contributed by atoms with Gasteiger partial charge in [0.15, 0.2) is 0 Å². The summed E-state index contributed by atoms with van der Waals surface area (Å²) in [4.78, 5) is 58.3. The number of carbonyl (C=O) groups excluding carboxylic acids is 3. The molecule has 1 unspecified atom stereocenters. The second-order valence-electron chi connectivity index (χ2n) is 5.11. The first-order chi connectivity index (χ1) is 11.3. The monoisotopic (exact) mass is 334 g/mol. The Bertz CT molecular complexity index is 693. The lowest BCUT2D eigenvalue weighted by molar-refractivity contribution is -0.147. The van der Waals surface area contributed by atoms with E-state index in [9.17, 15) is 24.0 Å². The zero-order valence-electron chi connectivity index (χ0n) is 12.4. The standard InChI is InChI=1S/C15H14N2O7/c18-11(16-10(15(23)24)7-12(19)20)5-6-17-13(21)8-3-1-2-4-9(8)14(17)22/h1-4,10H,5-7H2,(H,16,18)(H,19,20)(H,23,24). The Hall–Kier alpha value is -3.23. The molecule has 1 aliphatic heterocycles. The van der Waals surface area contributed by atoms with Crippen molar-refractivity contribution in [2.75, 3.05) is 6.54 Å². The maximum Gasteiger partial charge on any atom is 0.326 e. The maximum absolute atomic E-state index is 12.1. The molecular weight excluding hydrogens is 320 g/mol. The molecule has 1 atom stereocenters. The Morgan fingerprint density at radius 3 is 2.04 bits per heavy atom. The van der Waals surface area contributed by atoms with E-state index in [0.717, 1.165) is 4.90 Å². The molecule has 0 aliphatic carbocycles. The van der Waals surface area contributed by atoms with Crippen LogP contribution in [0, 0.1) is 0 Å². The van der Waals surface area contributed by atoms with E-state index in [1.54, 1.807) is 12.1 Å². The van der Waals surface area contributed by atoms with E-state index in [1.165, 1.54) is 12.1 Å². The number of aliphatic carboxylic acids is 2. The largest absolute Gasteiger partial charge is 0.481 e. The highest BCUT2D eigenvalue weighted by Gasteiger charge is 2.35. The number of nitrogens with one attached hydrogen (secondary N) is 1. The summed E-state index contributed by atoms with van der Waals surface area (Å²) in [6.07, 6.45) is -1.09. The van der Waals surface area contributed by atoms with E-state index < -0.39 is 42.1 Å². The Kier molecular flexibility index (Phi) is 4.93. The van der Waals surface area contributed by atoms with Crippen LogP contribution in [0.1, 0.15) is 33.6 Å². The van der Waals surface area contributed by atoms with Crippen LogP contribution in [0.3, 0.4) is 0 Å². The minimum atomic E-state index is -1.57. The van der Waals surface area contributed by atoms with E-state index in [-0.39, 0.29) is 24.1 Å². The van der Waals surface area contributed by atoms with Gasteiger partial charge in [0.25, 0.3) is 11.8 Å². The van der Waals surface area contributed by atoms with Gasteiger partial charge < -0.3 is 15.5 Å².